The molecular weight excluding hydrogens is 308 g/mol. The fraction of sp³-hybridized carbons (Fsp3) is 0. The first kappa shape index (κ1) is 13.9. The van der Waals surface area contributed by atoms with Crippen molar-refractivity contribution in [1.29, 1.82) is 0 Å². The molecule has 0 amide bonds. The molecule has 4 heteroatoms. The van der Waals surface area contributed by atoms with Gasteiger partial charge in [0.25, 0.3) is 0 Å². The fourth-order valence-electron chi connectivity index (χ4n) is 3.24. The zero-order valence-corrected chi connectivity index (χ0v) is 13.4. The molecule has 3 aromatic heterocycles. The number of hydrogen-bond donors (Lipinski definition) is 0. The summed E-state index contributed by atoms with van der Waals surface area (Å²) in [4.78, 5) is 12.7. The highest BCUT2D eigenvalue weighted by Gasteiger charge is 2.08. The van der Waals surface area contributed by atoms with Crippen molar-refractivity contribution < 1.29 is 0 Å². The molecule has 0 aliphatic carbocycles. The molecule has 0 N–H and O–H groups in total. The Morgan fingerprint density at radius 3 is 2.52 bits per heavy atom. The summed E-state index contributed by atoms with van der Waals surface area (Å²) in [6.07, 6.45) is 9.21. The number of fused-ring (bicyclic) bond motifs is 3. The smallest absolute Gasteiger partial charge is 0.116 e. The van der Waals surface area contributed by atoms with Crippen molar-refractivity contribution in [3.05, 3.63) is 85.7 Å². The lowest BCUT2D eigenvalue weighted by molar-refractivity contribution is 1.13. The van der Waals surface area contributed by atoms with E-state index < -0.39 is 0 Å². The van der Waals surface area contributed by atoms with Crippen LogP contribution in [0.5, 0.6) is 0 Å². The third-order valence-electron chi connectivity index (χ3n) is 4.48. The lowest BCUT2D eigenvalue weighted by Gasteiger charge is -2.08. The molecule has 0 aliphatic heterocycles. The molecule has 118 valence electrons. The number of rotatable bonds is 2. The third kappa shape index (κ3) is 2.27. The number of hydrogen-bond acceptors (Lipinski definition) is 3. The van der Waals surface area contributed by atoms with Crippen molar-refractivity contribution in [2.45, 2.75) is 0 Å². The minimum absolute atomic E-state index is 0.984. The molecular formula is C21H14N4. The molecule has 3 heterocycles. The predicted molar refractivity (Wildman–Crippen MR) is 99.6 cm³/mol. The number of aromatic nitrogens is 4. The van der Waals surface area contributed by atoms with E-state index in [1.807, 2.05) is 18.5 Å². The van der Waals surface area contributed by atoms with Crippen LogP contribution in [-0.4, -0.2) is 19.5 Å². The van der Waals surface area contributed by atoms with E-state index >= 15 is 0 Å². The molecule has 0 saturated carbocycles. The standard InChI is InChI=1S/C21H14N4/c1-2-16(12-22-10-1)15-3-6-18(7-4-15)25-11-9-19-20(25)8-5-17-13-23-14-24-21(17)19/h1-14H. The van der Waals surface area contributed by atoms with E-state index in [-0.39, 0.29) is 0 Å². The Bertz CT molecular complexity index is 1180. The van der Waals surface area contributed by atoms with Crippen LogP contribution in [-0.2, 0) is 0 Å². The molecule has 4 nitrogen and oxygen atoms in total. The Kier molecular flexibility index (Phi) is 3.07. The van der Waals surface area contributed by atoms with E-state index in [9.17, 15) is 0 Å². The molecule has 0 spiro atoms. The minimum atomic E-state index is 0.984. The summed E-state index contributed by atoms with van der Waals surface area (Å²) in [6.45, 7) is 0. The van der Waals surface area contributed by atoms with Gasteiger partial charge in [0.05, 0.1) is 11.0 Å². The van der Waals surface area contributed by atoms with Gasteiger partial charge < -0.3 is 4.57 Å². The van der Waals surface area contributed by atoms with E-state index in [2.05, 4.69) is 74.2 Å². The Morgan fingerprint density at radius 2 is 1.68 bits per heavy atom. The van der Waals surface area contributed by atoms with Gasteiger partial charge in [-0.2, -0.15) is 0 Å². The summed E-state index contributed by atoms with van der Waals surface area (Å²) in [5.41, 5.74) is 5.52. The SMILES string of the molecule is c1cncc(-c2ccc(-n3ccc4c5ncncc5ccc43)cc2)c1. The second-order valence-corrected chi connectivity index (χ2v) is 5.93. The fourth-order valence-corrected chi connectivity index (χ4v) is 3.24. The van der Waals surface area contributed by atoms with Crippen LogP contribution in [0.4, 0.5) is 0 Å². The topological polar surface area (TPSA) is 43.6 Å². The zero-order valence-electron chi connectivity index (χ0n) is 13.4. The summed E-state index contributed by atoms with van der Waals surface area (Å²) in [6, 6.07) is 18.8. The van der Waals surface area contributed by atoms with Crippen LogP contribution < -0.4 is 0 Å². The zero-order chi connectivity index (χ0) is 16.6. The first-order chi connectivity index (χ1) is 12.4. The number of nitrogens with zero attached hydrogens (tertiary/aromatic N) is 4. The summed E-state index contributed by atoms with van der Waals surface area (Å²) in [7, 11) is 0. The highest BCUT2D eigenvalue weighted by atomic mass is 15.0. The first-order valence-corrected chi connectivity index (χ1v) is 8.11. The second-order valence-electron chi connectivity index (χ2n) is 5.93. The highest BCUT2D eigenvalue weighted by Crippen LogP contribution is 2.27. The van der Waals surface area contributed by atoms with E-state index in [1.54, 1.807) is 12.5 Å². The minimum Gasteiger partial charge on any atom is -0.316 e. The molecule has 0 bridgehead atoms. The quantitative estimate of drug-likeness (QED) is 0.476. The average molecular weight is 322 g/mol. The summed E-state index contributed by atoms with van der Waals surface area (Å²) in [5.74, 6) is 0. The lowest BCUT2D eigenvalue weighted by Crippen LogP contribution is -1.92. The largest absolute Gasteiger partial charge is 0.316 e. The van der Waals surface area contributed by atoms with Crippen molar-refractivity contribution in [1.82, 2.24) is 19.5 Å². The molecule has 0 saturated heterocycles. The van der Waals surface area contributed by atoms with Crippen LogP contribution in [0.25, 0.3) is 38.6 Å². The maximum atomic E-state index is 4.44. The van der Waals surface area contributed by atoms with Crippen LogP contribution in [0.15, 0.2) is 85.7 Å². The number of pyridine rings is 1. The van der Waals surface area contributed by atoms with E-state index in [1.165, 1.54) is 0 Å². The molecule has 2 aromatic carbocycles. The van der Waals surface area contributed by atoms with Gasteiger partial charge in [0, 0.05) is 41.2 Å². The van der Waals surface area contributed by atoms with Crippen molar-refractivity contribution in [3.63, 3.8) is 0 Å². The van der Waals surface area contributed by atoms with Crippen molar-refractivity contribution in [2.24, 2.45) is 0 Å². The summed E-state index contributed by atoms with van der Waals surface area (Å²) in [5, 5.41) is 2.19. The molecule has 5 aromatic rings. The van der Waals surface area contributed by atoms with Gasteiger partial charge in [-0.3, -0.25) is 4.98 Å². The predicted octanol–water partition coefficient (Wildman–Crippen LogP) is 4.64. The second kappa shape index (κ2) is 5.53. The molecule has 25 heavy (non-hydrogen) atoms. The van der Waals surface area contributed by atoms with E-state index in [0.29, 0.717) is 0 Å². The Labute approximate surface area is 144 Å². The van der Waals surface area contributed by atoms with E-state index in [0.717, 1.165) is 38.6 Å². The molecule has 0 fully saturated rings. The molecule has 0 radical (unpaired) electrons. The monoisotopic (exact) mass is 322 g/mol. The third-order valence-corrected chi connectivity index (χ3v) is 4.48. The van der Waals surface area contributed by atoms with Gasteiger partial charge in [-0.05, 0) is 47.5 Å². The van der Waals surface area contributed by atoms with Crippen LogP contribution in [0.2, 0.25) is 0 Å². The van der Waals surface area contributed by atoms with Gasteiger partial charge in [0.2, 0.25) is 0 Å². The van der Waals surface area contributed by atoms with Gasteiger partial charge >= 0.3 is 0 Å². The maximum absolute atomic E-state index is 4.44. The van der Waals surface area contributed by atoms with Gasteiger partial charge in [0.15, 0.2) is 0 Å². The van der Waals surface area contributed by atoms with Crippen LogP contribution >= 0.6 is 0 Å². The number of benzene rings is 2. The Hall–Kier alpha value is -3.53. The van der Waals surface area contributed by atoms with Gasteiger partial charge in [-0.25, -0.2) is 9.97 Å². The molecule has 0 aliphatic rings. The van der Waals surface area contributed by atoms with Crippen molar-refractivity contribution in [2.75, 3.05) is 0 Å². The maximum Gasteiger partial charge on any atom is 0.116 e. The lowest BCUT2D eigenvalue weighted by atomic mass is 10.1. The van der Waals surface area contributed by atoms with Crippen LogP contribution in [0.1, 0.15) is 0 Å². The van der Waals surface area contributed by atoms with Gasteiger partial charge in [0.1, 0.15) is 6.33 Å². The first-order valence-electron chi connectivity index (χ1n) is 8.11. The molecule has 5 rings (SSSR count). The molecule has 0 atom stereocenters. The summed E-state index contributed by atoms with van der Waals surface area (Å²) >= 11 is 0. The van der Waals surface area contributed by atoms with Gasteiger partial charge in [-0.1, -0.05) is 18.2 Å². The molecule has 0 unspecified atom stereocenters. The van der Waals surface area contributed by atoms with E-state index in [4.69, 9.17) is 0 Å². The normalized spacial score (nSPS) is 11.2. The Balaban J connectivity index is 1.63. The van der Waals surface area contributed by atoms with Crippen LogP contribution in [0, 0.1) is 0 Å². The average Bonchev–Trinajstić information content (AvgIpc) is 3.13. The summed E-state index contributed by atoms with van der Waals surface area (Å²) < 4.78 is 2.18. The Morgan fingerprint density at radius 1 is 0.760 bits per heavy atom. The van der Waals surface area contributed by atoms with Gasteiger partial charge in [-0.15, -0.1) is 0 Å². The highest BCUT2D eigenvalue weighted by molar-refractivity contribution is 6.04. The van der Waals surface area contributed by atoms with Crippen molar-refractivity contribution in [3.8, 4) is 16.8 Å². The van der Waals surface area contributed by atoms with Crippen LogP contribution in [0.3, 0.4) is 0 Å². The van der Waals surface area contributed by atoms with Crippen molar-refractivity contribution >= 4 is 21.8 Å².